The van der Waals surface area contributed by atoms with Crippen molar-refractivity contribution in [3.63, 3.8) is 0 Å². The first-order valence-electron chi connectivity index (χ1n) is 11.2. The standard InChI is InChI=1S/C31H23Br2N/c32-26-15-11-24(12-16-26)31(23-7-3-1-4-8-23)25-13-19-29(20-14-25)34(28-9-5-2-6-10-28)30-21-17-27(33)18-22-30/h1-22,31H. The van der Waals surface area contributed by atoms with Gasteiger partial charge in [0.15, 0.2) is 0 Å². The van der Waals surface area contributed by atoms with E-state index in [0.29, 0.717) is 0 Å². The van der Waals surface area contributed by atoms with Gasteiger partial charge >= 0.3 is 0 Å². The highest BCUT2D eigenvalue weighted by Gasteiger charge is 2.18. The number of anilines is 3. The zero-order valence-electron chi connectivity index (χ0n) is 18.5. The van der Waals surface area contributed by atoms with Crippen LogP contribution in [0.15, 0.2) is 142 Å². The lowest BCUT2D eigenvalue weighted by atomic mass is 9.85. The molecule has 166 valence electrons. The summed E-state index contributed by atoms with van der Waals surface area (Å²) in [4.78, 5) is 2.29. The second kappa shape index (κ2) is 10.4. The Morgan fingerprint density at radius 3 is 1.26 bits per heavy atom. The smallest absolute Gasteiger partial charge is 0.0462 e. The number of hydrogen-bond acceptors (Lipinski definition) is 1. The van der Waals surface area contributed by atoms with E-state index in [2.05, 4.69) is 170 Å². The maximum Gasteiger partial charge on any atom is 0.0462 e. The van der Waals surface area contributed by atoms with Gasteiger partial charge in [-0.05, 0) is 77.4 Å². The fraction of sp³-hybridized carbons (Fsp3) is 0.0323. The molecule has 0 radical (unpaired) electrons. The minimum Gasteiger partial charge on any atom is -0.311 e. The third-order valence-corrected chi connectivity index (χ3v) is 6.98. The van der Waals surface area contributed by atoms with Crippen LogP contribution in [0.25, 0.3) is 0 Å². The molecule has 0 aliphatic rings. The Morgan fingerprint density at radius 1 is 0.382 bits per heavy atom. The van der Waals surface area contributed by atoms with Crippen molar-refractivity contribution in [2.45, 2.75) is 5.92 Å². The van der Waals surface area contributed by atoms with E-state index in [0.717, 1.165) is 26.0 Å². The molecule has 1 unspecified atom stereocenters. The van der Waals surface area contributed by atoms with Crippen molar-refractivity contribution < 1.29 is 0 Å². The van der Waals surface area contributed by atoms with Crippen molar-refractivity contribution in [3.8, 4) is 0 Å². The third kappa shape index (κ3) is 5.01. The highest BCUT2D eigenvalue weighted by Crippen LogP contribution is 2.38. The van der Waals surface area contributed by atoms with Crippen molar-refractivity contribution in [3.05, 3.63) is 159 Å². The van der Waals surface area contributed by atoms with Crippen LogP contribution in [-0.4, -0.2) is 0 Å². The van der Waals surface area contributed by atoms with Gasteiger partial charge in [0.2, 0.25) is 0 Å². The van der Waals surface area contributed by atoms with E-state index in [1.165, 1.54) is 16.7 Å². The lowest BCUT2D eigenvalue weighted by molar-refractivity contribution is 0.976. The van der Waals surface area contributed by atoms with Gasteiger partial charge in [-0.2, -0.15) is 0 Å². The Balaban J connectivity index is 1.57. The summed E-state index contributed by atoms with van der Waals surface area (Å²) in [5, 5.41) is 0. The largest absolute Gasteiger partial charge is 0.311 e. The van der Waals surface area contributed by atoms with E-state index in [4.69, 9.17) is 0 Å². The molecule has 0 fully saturated rings. The van der Waals surface area contributed by atoms with Crippen LogP contribution in [0.4, 0.5) is 17.1 Å². The highest BCUT2D eigenvalue weighted by molar-refractivity contribution is 9.10. The zero-order valence-corrected chi connectivity index (χ0v) is 21.7. The van der Waals surface area contributed by atoms with E-state index < -0.39 is 0 Å². The number of para-hydroxylation sites is 1. The normalized spacial score (nSPS) is 11.7. The first kappa shape index (κ1) is 22.6. The third-order valence-electron chi connectivity index (χ3n) is 5.92. The molecule has 0 aromatic heterocycles. The van der Waals surface area contributed by atoms with Crippen molar-refractivity contribution in [1.82, 2.24) is 0 Å². The summed E-state index contributed by atoms with van der Waals surface area (Å²) in [6, 6.07) is 47.2. The number of hydrogen-bond donors (Lipinski definition) is 0. The lowest BCUT2D eigenvalue weighted by Gasteiger charge is -2.26. The fourth-order valence-corrected chi connectivity index (χ4v) is 4.84. The average Bonchev–Trinajstić information content (AvgIpc) is 2.89. The van der Waals surface area contributed by atoms with E-state index in [-0.39, 0.29) is 5.92 Å². The molecule has 0 bridgehead atoms. The van der Waals surface area contributed by atoms with Crippen LogP contribution in [0.3, 0.4) is 0 Å². The van der Waals surface area contributed by atoms with Gasteiger partial charge in [-0.3, -0.25) is 0 Å². The molecule has 34 heavy (non-hydrogen) atoms. The summed E-state index contributed by atoms with van der Waals surface area (Å²) in [6.07, 6.45) is 0. The molecule has 5 rings (SSSR count). The van der Waals surface area contributed by atoms with Gasteiger partial charge in [-0.15, -0.1) is 0 Å². The maximum absolute atomic E-state index is 3.57. The molecule has 0 heterocycles. The molecule has 0 saturated heterocycles. The molecular weight excluding hydrogens is 546 g/mol. The summed E-state index contributed by atoms with van der Waals surface area (Å²) < 4.78 is 2.16. The topological polar surface area (TPSA) is 3.24 Å². The van der Waals surface area contributed by atoms with Crippen LogP contribution in [0, 0.1) is 0 Å². The van der Waals surface area contributed by atoms with Crippen LogP contribution >= 0.6 is 31.9 Å². The zero-order chi connectivity index (χ0) is 23.3. The summed E-state index contributed by atoms with van der Waals surface area (Å²) in [5.74, 6) is 0.168. The van der Waals surface area contributed by atoms with Gasteiger partial charge in [0.1, 0.15) is 0 Å². The van der Waals surface area contributed by atoms with Crippen molar-refractivity contribution >= 4 is 48.9 Å². The molecule has 0 aliphatic carbocycles. The molecule has 0 amide bonds. The van der Waals surface area contributed by atoms with E-state index in [1.54, 1.807) is 0 Å². The van der Waals surface area contributed by atoms with Crippen molar-refractivity contribution in [2.75, 3.05) is 4.90 Å². The molecule has 3 heteroatoms. The van der Waals surface area contributed by atoms with Crippen molar-refractivity contribution in [2.24, 2.45) is 0 Å². The predicted octanol–water partition coefficient (Wildman–Crippen LogP) is 9.86. The Labute approximate surface area is 218 Å². The first-order valence-corrected chi connectivity index (χ1v) is 12.8. The van der Waals surface area contributed by atoms with Crippen LogP contribution in [0.5, 0.6) is 0 Å². The number of halogens is 2. The molecule has 0 N–H and O–H groups in total. The predicted molar refractivity (Wildman–Crippen MR) is 150 cm³/mol. The first-order chi connectivity index (χ1) is 16.7. The van der Waals surface area contributed by atoms with E-state index in [9.17, 15) is 0 Å². The Kier molecular flexibility index (Phi) is 6.94. The summed E-state index contributed by atoms with van der Waals surface area (Å²) in [6.45, 7) is 0. The number of benzene rings is 5. The van der Waals surface area contributed by atoms with Gasteiger partial charge < -0.3 is 4.90 Å². The minimum atomic E-state index is 0.168. The molecule has 0 spiro atoms. The van der Waals surface area contributed by atoms with Crippen LogP contribution in [0.1, 0.15) is 22.6 Å². The molecule has 1 nitrogen and oxygen atoms in total. The quantitative estimate of drug-likeness (QED) is 0.184. The molecule has 5 aromatic carbocycles. The summed E-state index contributed by atoms with van der Waals surface area (Å²) >= 11 is 7.13. The van der Waals surface area contributed by atoms with Crippen LogP contribution in [-0.2, 0) is 0 Å². The molecule has 5 aromatic rings. The molecular formula is C31H23Br2N. The van der Waals surface area contributed by atoms with Crippen LogP contribution in [0.2, 0.25) is 0 Å². The number of rotatable bonds is 6. The Hall–Kier alpha value is -3.14. The molecule has 0 saturated carbocycles. The summed E-state index contributed by atoms with van der Waals surface area (Å²) in [7, 11) is 0. The van der Waals surface area contributed by atoms with Crippen molar-refractivity contribution in [1.29, 1.82) is 0 Å². The van der Waals surface area contributed by atoms with Gasteiger partial charge in [-0.1, -0.05) is 105 Å². The number of nitrogens with zero attached hydrogens (tertiary/aromatic N) is 1. The summed E-state index contributed by atoms with van der Waals surface area (Å²) in [5.41, 5.74) is 7.20. The monoisotopic (exact) mass is 567 g/mol. The van der Waals surface area contributed by atoms with E-state index >= 15 is 0 Å². The molecule has 0 aliphatic heterocycles. The maximum atomic E-state index is 3.57. The second-order valence-electron chi connectivity index (χ2n) is 8.13. The van der Waals surface area contributed by atoms with E-state index in [1.807, 2.05) is 0 Å². The molecule has 1 atom stereocenters. The van der Waals surface area contributed by atoms with Gasteiger partial charge in [0.05, 0.1) is 0 Å². The second-order valence-corrected chi connectivity index (χ2v) is 9.97. The Bertz CT molecular complexity index is 1220. The fourth-order valence-electron chi connectivity index (χ4n) is 4.31. The van der Waals surface area contributed by atoms with Crippen LogP contribution < -0.4 is 4.90 Å². The van der Waals surface area contributed by atoms with Gasteiger partial charge in [0.25, 0.3) is 0 Å². The average molecular weight is 569 g/mol. The van der Waals surface area contributed by atoms with Gasteiger partial charge in [-0.25, -0.2) is 0 Å². The highest BCUT2D eigenvalue weighted by atomic mass is 79.9. The van der Waals surface area contributed by atoms with Gasteiger partial charge in [0, 0.05) is 31.9 Å². The SMILES string of the molecule is Brc1ccc(C(c2ccccc2)c2ccc(N(c3ccccc3)c3ccc(Br)cc3)cc2)cc1. The lowest BCUT2D eigenvalue weighted by Crippen LogP contribution is -2.10. The minimum absolute atomic E-state index is 0.168. The Morgan fingerprint density at radius 2 is 0.735 bits per heavy atom.